The number of anilines is 2. The van der Waals surface area contributed by atoms with Gasteiger partial charge in [0.1, 0.15) is 5.69 Å². The predicted molar refractivity (Wildman–Crippen MR) is 92.2 cm³/mol. The number of rotatable bonds is 3. The molecule has 0 saturated carbocycles. The van der Waals surface area contributed by atoms with Crippen LogP contribution in [-0.4, -0.2) is 21.4 Å². The largest absolute Gasteiger partial charge is 0.350 e. The summed E-state index contributed by atoms with van der Waals surface area (Å²) in [4.78, 5) is 21.0. The molecule has 0 unspecified atom stereocenters. The second-order valence-corrected chi connectivity index (χ2v) is 6.97. The van der Waals surface area contributed by atoms with Gasteiger partial charge in [0.2, 0.25) is 5.95 Å². The molecule has 1 aromatic carbocycles. The van der Waals surface area contributed by atoms with Crippen molar-refractivity contribution >= 4 is 33.5 Å². The molecule has 2 N–H and O–H groups in total. The zero-order valence-corrected chi connectivity index (χ0v) is 14.7. The van der Waals surface area contributed by atoms with E-state index in [9.17, 15) is 4.79 Å². The van der Waals surface area contributed by atoms with E-state index in [1.807, 2.05) is 52.0 Å². The summed E-state index contributed by atoms with van der Waals surface area (Å²) in [7, 11) is 0. The molecule has 0 aliphatic carbocycles. The smallest absolute Gasteiger partial charge is 0.274 e. The van der Waals surface area contributed by atoms with Gasteiger partial charge < -0.3 is 10.6 Å². The fraction of sp³-hybridized carbons (Fsp3) is 0.312. The molecule has 1 amide bonds. The van der Waals surface area contributed by atoms with Gasteiger partial charge in [-0.15, -0.1) is 0 Å². The number of halogens is 1. The highest BCUT2D eigenvalue weighted by molar-refractivity contribution is 9.10. The molecule has 0 fully saturated rings. The van der Waals surface area contributed by atoms with Gasteiger partial charge in [-0.3, -0.25) is 4.79 Å². The zero-order chi connectivity index (χ0) is 16.3. The van der Waals surface area contributed by atoms with Crippen LogP contribution in [0.2, 0.25) is 0 Å². The van der Waals surface area contributed by atoms with Crippen molar-refractivity contribution in [3.8, 4) is 0 Å². The number of hydrogen-bond acceptors (Lipinski definition) is 4. The monoisotopic (exact) mass is 362 g/mol. The average molecular weight is 363 g/mol. The average Bonchev–Trinajstić information content (AvgIpc) is 2.35. The Hall–Kier alpha value is -1.95. The topological polar surface area (TPSA) is 66.9 Å². The Morgan fingerprint density at radius 2 is 1.91 bits per heavy atom. The van der Waals surface area contributed by atoms with Gasteiger partial charge in [0, 0.05) is 21.4 Å². The van der Waals surface area contributed by atoms with Crippen molar-refractivity contribution in [2.45, 2.75) is 33.2 Å². The van der Waals surface area contributed by atoms with Crippen molar-refractivity contribution in [1.82, 2.24) is 9.97 Å². The van der Waals surface area contributed by atoms with E-state index in [0.29, 0.717) is 17.3 Å². The van der Waals surface area contributed by atoms with Crippen molar-refractivity contribution in [1.29, 1.82) is 0 Å². The first-order valence-corrected chi connectivity index (χ1v) is 7.73. The number of hydrogen-bond donors (Lipinski definition) is 2. The highest BCUT2D eigenvalue weighted by Gasteiger charge is 2.15. The van der Waals surface area contributed by atoms with Gasteiger partial charge in [0.15, 0.2) is 0 Å². The molecule has 2 aromatic rings. The molecule has 5 nitrogen and oxygen atoms in total. The number of amides is 1. The lowest BCUT2D eigenvalue weighted by molar-refractivity contribution is 0.102. The lowest BCUT2D eigenvalue weighted by Crippen LogP contribution is -2.28. The Morgan fingerprint density at radius 3 is 2.55 bits per heavy atom. The maximum Gasteiger partial charge on any atom is 0.274 e. The predicted octanol–water partition coefficient (Wildman–Crippen LogP) is 4.01. The Kier molecular flexibility index (Phi) is 4.81. The number of nitrogens with zero attached hydrogens (tertiary/aromatic N) is 2. The number of aryl methyl sites for hydroxylation is 1. The number of carbonyl (C=O) groups is 1. The van der Waals surface area contributed by atoms with E-state index in [4.69, 9.17) is 0 Å². The highest BCUT2D eigenvalue weighted by atomic mass is 79.9. The van der Waals surface area contributed by atoms with Gasteiger partial charge in [-0.05, 0) is 52.0 Å². The molecular weight excluding hydrogens is 344 g/mol. The van der Waals surface area contributed by atoms with Crippen LogP contribution in [0.3, 0.4) is 0 Å². The standard InChI is InChI=1S/C16H19BrN4O/c1-10-8-13(20-15(18-10)21-16(2,3)4)14(22)19-12-7-5-6-11(17)9-12/h5-9H,1-4H3,(H,19,22)(H,18,20,21). The number of benzene rings is 1. The minimum atomic E-state index is -0.263. The van der Waals surface area contributed by atoms with Gasteiger partial charge in [0.05, 0.1) is 0 Å². The first-order chi connectivity index (χ1) is 10.2. The van der Waals surface area contributed by atoms with E-state index in [1.165, 1.54) is 0 Å². The lowest BCUT2D eigenvalue weighted by atomic mass is 10.1. The summed E-state index contributed by atoms with van der Waals surface area (Å²) in [5.74, 6) is 0.187. The summed E-state index contributed by atoms with van der Waals surface area (Å²) in [5, 5.41) is 6.01. The normalized spacial score (nSPS) is 11.1. The van der Waals surface area contributed by atoms with Gasteiger partial charge in [-0.25, -0.2) is 9.97 Å². The highest BCUT2D eigenvalue weighted by Crippen LogP contribution is 2.17. The minimum Gasteiger partial charge on any atom is -0.350 e. The fourth-order valence-corrected chi connectivity index (χ4v) is 2.24. The molecule has 1 aromatic heterocycles. The molecular formula is C16H19BrN4O. The van der Waals surface area contributed by atoms with Crippen LogP contribution in [0, 0.1) is 6.92 Å². The maximum absolute atomic E-state index is 12.4. The van der Waals surface area contributed by atoms with Crippen LogP contribution in [0.15, 0.2) is 34.8 Å². The Labute approximate surface area is 138 Å². The van der Waals surface area contributed by atoms with E-state index in [1.54, 1.807) is 6.07 Å². The molecule has 1 heterocycles. The second-order valence-electron chi connectivity index (χ2n) is 6.06. The molecule has 0 aliphatic rings. The van der Waals surface area contributed by atoms with E-state index in [0.717, 1.165) is 10.2 Å². The van der Waals surface area contributed by atoms with Crippen LogP contribution in [-0.2, 0) is 0 Å². The molecule has 116 valence electrons. The fourth-order valence-electron chi connectivity index (χ4n) is 1.84. The maximum atomic E-state index is 12.4. The molecule has 0 aliphatic heterocycles. The van der Waals surface area contributed by atoms with Gasteiger partial charge in [-0.1, -0.05) is 22.0 Å². The van der Waals surface area contributed by atoms with E-state index in [2.05, 4.69) is 36.5 Å². The van der Waals surface area contributed by atoms with Gasteiger partial charge >= 0.3 is 0 Å². The summed E-state index contributed by atoms with van der Waals surface area (Å²) in [6.45, 7) is 7.88. The van der Waals surface area contributed by atoms with Crippen molar-refractivity contribution in [3.63, 3.8) is 0 Å². The van der Waals surface area contributed by atoms with Gasteiger partial charge in [-0.2, -0.15) is 0 Å². The molecule has 0 radical (unpaired) electrons. The third-order valence-electron chi connectivity index (χ3n) is 2.66. The van der Waals surface area contributed by atoms with Gasteiger partial charge in [0.25, 0.3) is 5.91 Å². The third kappa shape index (κ3) is 4.80. The minimum absolute atomic E-state index is 0.175. The van der Waals surface area contributed by atoms with Crippen molar-refractivity contribution in [3.05, 3.63) is 46.2 Å². The lowest BCUT2D eigenvalue weighted by Gasteiger charge is -2.20. The first kappa shape index (κ1) is 16.4. The third-order valence-corrected chi connectivity index (χ3v) is 3.15. The van der Waals surface area contributed by atoms with Crippen LogP contribution in [0.4, 0.5) is 11.6 Å². The Balaban J connectivity index is 2.22. The molecule has 6 heteroatoms. The van der Waals surface area contributed by atoms with E-state index < -0.39 is 0 Å². The summed E-state index contributed by atoms with van der Waals surface area (Å²) < 4.78 is 0.902. The molecule has 0 saturated heterocycles. The van der Waals surface area contributed by atoms with E-state index in [-0.39, 0.29) is 11.4 Å². The Bertz CT molecular complexity index is 695. The van der Waals surface area contributed by atoms with Crippen LogP contribution in [0.25, 0.3) is 0 Å². The van der Waals surface area contributed by atoms with Crippen LogP contribution in [0.5, 0.6) is 0 Å². The zero-order valence-electron chi connectivity index (χ0n) is 13.1. The first-order valence-electron chi connectivity index (χ1n) is 6.94. The summed E-state index contributed by atoms with van der Waals surface area (Å²) >= 11 is 3.38. The Morgan fingerprint density at radius 1 is 1.18 bits per heavy atom. The van der Waals surface area contributed by atoms with Crippen molar-refractivity contribution in [2.24, 2.45) is 0 Å². The summed E-state index contributed by atoms with van der Waals surface area (Å²) in [5.41, 5.74) is 1.60. The van der Waals surface area contributed by atoms with Crippen LogP contribution >= 0.6 is 15.9 Å². The van der Waals surface area contributed by atoms with Crippen LogP contribution < -0.4 is 10.6 Å². The quantitative estimate of drug-likeness (QED) is 0.865. The second kappa shape index (κ2) is 6.44. The van der Waals surface area contributed by atoms with E-state index >= 15 is 0 Å². The van der Waals surface area contributed by atoms with Crippen molar-refractivity contribution < 1.29 is 4.79 Å². The van der Waals surface area contributed by atoms with Crippen LogP contribution in [0.1, 0.15) is 37.0 Å². The molecule has 2 rings (SSSR count). The number of carbonyl (C=O) groups excluding carboxylic acids is 1. The summed E-state index contributed by atoms with van der Waals surface area (Å²) in [6, 6.07) is 9.08. The van der Waals surface area contributed by atoms with Crippen molar-refractivity contribution in [2.75, 3.05) is 10.6 Å². The number of nitrogens with one attached hydrogen (secondary N) is 2. The molecule has 0 spiro atoms. The molecule has 0 bridgehead atoms. The SMILES string of the molecule is Cc1cc(C(=O)Nc2cccc(Br)c2)nc(NC(C)(C)C)n1. The number of aromatic nitrogens is 2. The molecule has 0 atom stereocenters. The molecule has 22 heavy (non-hydrogen) atoms. The summed E-state index contributed by atoms with van der Waals surface area (Å²) in [6.07, 6.45) is 0.